The highest BCUT2D eigenvalue weighted by Gasteiger charge is 2.38. The Kier molecular flexibility index (Phi) is 6.06. The number of hydrogen-bond acceptors (Lipinski definition) is 3. The Morgan fingerprint density at radius 2 is 1.63 bits per heavy atom. The van der Waals surface area contributed by atoms with Crippen LogP contribution in [0.3, 0.4) is 0 Å². The van der Waals surface area contributed by atoms with E-state index in [-0.39, 0.29) is 24.7 Å². The molecule has 1 fully saturated rings. The summed E-state index contributed by atoms with van der Waals surface area (Å²) in [6.07, 6.45) is -8.82. The zero-order chi connectivity index (χ0) is 22.2. The molecule has 0 saturated carbocycles. The second-order valence-corrected chi connectivity index (χ2v) is 7.49. The second-order valence-electron chi connectivity index (χ2n) is 7.49. The van der Waals surface area contributed by atoms with Crippen molar-refractivity contribution in [2.24, 2.45) is 0 Å². The van der Waals surface area contributed by atoms with Crippen LogP contribution in [0.15, 0.2) is 42.5 Å². The number of likely N-dealkylation sites (tertiary alicyclic amines) is 1. The van der Waals surface area contributed by atoms with Gasteiger partial charge in [0.2, 0.25) is 0 Å². The minimum Gasteiger partial charge on any atom is -0.497 e. The summed E-state index contributed by atoms with van der Waals surface area (Å²) in [5.74, 6) is 0.547. The topological polar surface area (TPSA) is 32.7 Å². The molecule has 0 bridgehead atoms. The molecule has 1 N–H and O–H groups in total. The van der Waals surface area contributed by atoms with Gasteiger partial charge in [0.25, 0.3) is 0 Å². The summed E-state index contributed by atoms with van der Waals surface area (Å²) < 4.78 is 83.8. The predicted octanol–water partition coefficient (Wildman–Crippen LogP) is 5.22. The highest BCUT2D eigenvalue weighted by atomic mass is 19.4. The second kappa shape index (κ2) is 8.11. The molecule has 9 heteroatoms. The number of halogens is 6. The van der Waals surface area contributed by atoms with E-state index in [2.05, 4.69) is 0 Å². The summed E-state index contributed by atoms with van der Waals surface area (Å²) in [5, 5.41) is 11.1. The van der Waals surface area contributed by atoms with Gasteiger partial charge in [0.1, 0.15) is 11.4 Å². The lowest BCUT2D eigenvalue weighted by molar-refractivity contribution is -0.143. The van der Waals surface area contributed by atoms with Gasteiger partial charge in [0, 0.05) is 13.1 Å². The number of benzene rings is 2. The van der Waals surface area contributed by atoms with Crippen molar-refractivity contribution in [1.29, 1.82) is 0 Å². The van der Waals surface area contributed by atoms with Crippen molar-refractivity contribution in [3.63, 3.8) is 0 Å². The minimum atomic E-state index is -4.89. The number of nitrogens with zero attached hydrogens (tertiary/aromatic N) is 1. The zero-order valence-corrected chi connectivity index (χ0v) is 16.1. The Labute approximate surface area is 169 Å². The number of rotatable bonds is 4. The third kappa shape index (κ3) is 5.07. The molecule has 0 aliphatic carbocycles. The van der Waals surface area contributed by atoms with Gasteiger partial charge in [-0.05, 0) is 60.8 Å². The lowest BCUT2D eigenvalue weighted by Gasteiger charge is -2.39. The molecule has 1 aliphatic heterocycles. The van der Waals surface area contributed by atoms with Crippen LogP contribution in [0.5, 0.6) is 5.75 Å². The SMILES string of the molecule is COc1cccc(C2(O)CCCN(Cc3cc(C(F)(F)F)cc(C(F)(F)F)c3)C2)c1. The van der Waals surface area contributed by atoms with Crippen LogP contribution in [-0.2, 0) is 24.5 Å². The molecule has 1 atom stereocenters. The van der Waals surface area contributed by atoms with Gasteiger partial charge in [-0.3, -0.25) is 4.90 Å². The first-order chi connectivity index (χ1) is 13.9. The van der Waals surface area contributed by atoms with Crippen molar-refractivity contribution < 1.29 is 36.2 Å². The van der Waals surface area contributed by atoms with E-state index in [0.717, 1.165) is 12.1 Å². The first kappa shape index (κ1) is 22.4. The maximum absolute atomic E-state index is 13.1. The van der Waals surface area contributed by atoms with E-state index in [1.807, 2.05) is 0 Å². The standard InChI is InChI=1S/C21H21F6NO2/c1-30-18-5-2-4-15(11-18)19(29)6-3-7-28(13-19)12-14-8-16(20(22,23)24)10-17(9-14)21(25,26)27/h2,4-5,8-11,29H,3,6-7,12-13H2,1H3. The van der Waals surface area contributed by atoms with E-state index in [4.69, 9.17) is 4.74 Å². The van der Waals surface area contributed by atoms with Crippen molar-refractivity contribution >= 4 is 0 Å². The Bertz CT molecular complexity index is 864. The zero-order valence-electron chi connectivity index (χ0n) is 16.1. The van der Waals surface area contributed by atoms with Gasteiger partial charge >= 0.3 is 12.4 Å². The number of piperidine rings is 1. The fourth-order valence-corrected chi connectivity index (χ4v) is 3.78. The summed E-state index contributed by atoms with van der Waals surface area (Å²) in [6.45, 7) is 0.390. The number of aliphatic hydroxyl groups is 1. The van der Waals surface area contributed by atoms with E-state index < -0.39 is 29.1 Å². The molecule has 30 heavy (non-hydrogen) atoms. The molecule has 2 aromatic carbocycles. The average Bonchev–Trinajstić information content (AvgIpc) is 2.66. The molecule has 1 heterocycles. The maximum atomic E-state index is 13.1. The van der Waals surface area contributed by atoms with Crippen LogP contribution in [0.2, 0.25) is 0 Å². The van der Waals surface area contributed by atoms with Crippen molar-refractivity contribution in [3.8, 4) is 5.75 Å². The van der Waals surface area contributed by atoms with Crippen LogP contribution < -0.4 is 4.74 Å². The largest absolute Gasteiger partial charge is 0.497 e. The van der Waals surface area contributed by atoms with Gasteiger partial charge in [-0.15, -0.1) is 0 Å². The molecule has 3 rings (SSSR count). The number of alkyl halides is 6. The Morgan fingerprint density at radius 1 is 1.00 bits per heavy atom. The summed E-state index contributed by atoms with van der Waals surface area (Å²) in [6, 6.07) is 8.41. The van der Waals surface area contributed by atoms with Crippen LogP contribution in [-0.4, -0.2) is 30.2 Å². The normalized spacial score (nSPS) is 20.9. The first-order valence-corrected chi connectivity index (χ1v) is 9.28. The van der Waals surface area contributed by atoms with Gasteiger partial charge in [-0.2, -0.15) is 26.3 Å². The van der Waals surface area contributed by atoms with E-state index >= 15 is 0 Å². The Morgan fingerprint density at radius 3 is 2.20 bits per heavy atom. The molecule has 164 valence electrons. The molecule has 0 radical (unpaired) electrons. The third-order valence-corrected chi connectivity index (χ3v) is 5.21. The minimum absolute atomic E-state index is 0.0811. The van der Waals surface area contributed by atoms with Gasteiger partial charge < -0.3 is 9.84 Å². The summed E-state index contributed by atoms with van der Waals surface area (Å²) >= 11 is 0. The van der Waals surface area contributed by atoms with Crippen molar-refractivity contribution in [2.75, 3.05) is 20.2 Å². The van der Waals surface area contributed by atoms with E-state index in [1.165, 1.54) is 7.11 Å². The molecule has 1 saturated heterocycles. The summed E-state index contributed by atoms with van der Waals surface area (Å²) in [4.78, 5) is 1.67. The van der Waals surface area contributed by atoms with Crippen LogP contribution in [0.1, 0.15) is 35.1 Å². The molecule has 3 nitrogen and oxygen atoms in total. The summed E-state index contributed by atoms with van der Waals surface area (Å²) in [7, 11) is 1.49. The van der Waals surface area contributed by atoms with Crippen LogP contribution in [0.4, 0.5) is 26.3 Å². The van der Waals surface area contributed by atoms with Crippen LogP contribution >= 0.6 is 0 Å². The first-order valence-electron chi connectivity index (χ1n) is 9.28. The smallest absolute Gasteiger partial charge is 0.416 e. The van der Waals surface area contributed by atoms with Crippen molar-refractivity contribution in [3.05, 3.63) is 64.7 Å². The Hall–Kier alpha value is -2.26. The van der Waals surface area contributed by atoms with Gasteiger partial charge in [-0.25, -0.2) is 0 Å². The molecule has 0 amide bonds. The monoisotopic (exact) mass is 433 g/mol. The lowest BCUT2D eigenvalue weighted by Crippen LogP contribution is -2.45. The molecule has 2 aromatic rings. The molecule has 0 spiro atoms. The fraction of sp³-hybridized carbons (Fsp3) is 0.429. The molecular formula is C21H21F6NO2. The summed E-state index contributed by atoms with van der Waals surface area (Å²) in [5.41, 5.74) is -3.47. The Balaban J connectivity index is 1.87. The maximum Gasteiger partial charge on any atom is 0.416 e. The number of methoxy groups -OCH3 is 1. The average molecular weight is 433 g/mol. The van der Waals surface area contributed by atoms with Crippen molar-refractivity contribution in [2.45, 2.75) is 37.3 Å². The van der Waals surface area contributed by atoms with Crippen molar-refractivity contribution in [1.82, 2.24) is 4.90 Å². The third-order valence-electron chi connectivity index (χ3n) is 5.21. The highest BCUT2D eigenvalue weighted by molar-refractivity contribution is 5.35. The van der Waals surface area contributed by atoms with Gasteiger partial charge in [0.15, 0.2) is 0 Å². The van der Waals surface area contributed by atoms with Crippen LogP contribution in [0.25, 0.3) is 0 Å². The van der Waals surface area contributed by atoms with Crippen LogP contribution in [0, 0.1) is 0 Å². The number of ether oxygens (including phenoxy) is 1. The molecule has 0 aromatic heterocycles. The molecule has 1 aliphatic rings. The molecular weight excluding hydrogens is 412 g/mol. The number of β-amino-alcohol motifs (C(OH)–C–C–N with tert-alkyl or cyclic N) is 1. The quantitative estimate of drug-likeness (QED) is 0.672. The lowest BCUT2D eigenvalue weighted by atomic mass is 9.85. The predicted molar refractivity (Wildman–Crippen MR) is 97.8 cm³/mol. The van der Waals surface area contributed by atoms with E-state index in [9.17, 15) is 31.4 Å². The highest BCUT2D eigenvalue weighted by Crippen LogP contribution is 2.38. The van der Waals surface area contributed by atoms with E-state index in [0.29, 0.717) is 30.7 Å². The van der Waals surface area contributed by atoms with Gasteiger partial charge in [0.05, 0.1) is 18.2 Å². The van der Waals surface area contributed by atoms with Gasteiger partial charge in [-0.1, -0.05) is 12.1 Å². The number of hydrogen-bond donors (Lipinski definition) is 1. The molecule has 1 unspecified atom stereocenters. The van der Waals surface area contributed by atoms with E-state index in [1.54, 1.807) is 29.2 Å². The fourth-order valence-electron chi connectivity index (χ4n) is 3.78.